The van der Waals surface area contributed by atoms with E-state index in [1.54, 1.807) is 30.3 Å². The van der Waals surface area contributed by atoms with E-state index in [2.05, 4.69) is 5.32 Å². The molecule has 7 heteroatoms. The summed E-state index contributed by atoms with van der Waals surface area (Å²) in [6.07, 6.45) is 0.308. The first-order chi connectivity index (χ1) is 16.8. The minimum absolute atomic E-state index is 0.0222. The molecule has 0 spiro atoms. The van der Waals surface area contributed by atoms with Crippen LogP contribution in [-0.2, 0) is 28.3 Å². The van der Waals surface area contributed by atoms with E-state index in [1.165, 1.54) is 34.9 Å². The molecule has 0 radical (unpaired) electrons. The van der Waals surface area contributed by atoms with Gasteiger partial charge in [0.25, 0.3) is 0 Å². The van der Waals surface area contributed by atoms with Crippen molar-refractivity contribution in [3.63, 3.8) is 0 Å². The molecule has 0 bridgehead atoms. The molecule has 4 nitrogen and oxygen atoms in total. The van der Waals surface area contributed by atoms with Gasteiger partial charge in [-0.15, -0.1) is 11.8 Å². The van der Waals surface area contributed by atoms with E-state index in [0.29, 0.717) is 17.7 Å². The Hall–Kier alpha value is -3.19. The Morgan fingerprint density at radius 3 is 2.20 bits per heavy atom. The molecular formula is C28H30F2N2O2S. The number of nitrogens with one attached hydrogen (secondary N) is 1. The van der Waals surface area contributed by atoms with Gasteiger partial charge in [0.1, 0.15) is 17.7 Å². The van der Waals surface area contributed by atoms with Crippen LogP contribution in [0.4, 0.5) is 8.78 Å². The Kier molecular flexibility index (Phi) is 9.85. The molecule has 0 saturated heterocycles. The number of amides is 2. The third kappa shape index (κ3) is 8.21. The number of thioether (sulfide) groups is 1. The number of rotatable bonds is 11. The SMILES string of the molecule is CC(C)NC(=O)[C@@H](Cc1ccccc1)N(Cc1ccccc1F)C(=O)CSCc1ccc(F)cc1. The van der Waals surface area contributed by atoms with Crippen molar-refractivity contribution < 1.29 is 18.4 Å². The number of halogens is 2. The molecule has 3 rings (SSSR count). The maximum absolute atomic E-state index is 14.5. The minimum atomic E-state index is -0.807. The normalized spacial score (nSPS) is 11.8. The second-order valence-electron chi connectivity index (χ2n) is 8.60. The lowest BCUT2D eigenvalue weighted by molar-refractivity contribution is -0.139. The first-order valence-corrected chi connectivity index (χ1v) is 12.7. The van der Waals surface area contributed by atoms with E-state index < -0.39 is 11.9 Å². The van der Waals surface area contributed by atoms with Crippen LogP contribution >= 0.6 is 11.8 Å². The number of hydrogen-bond donors (Lipinski definition) is 1. The van der Waals surface area contributed by atoms with Gasteiger partial charge in [-0.1, -0.05) is 60.7 Å². The molecule has 0 unspecified atom stereocenters. The van der Waals surface area contributed by atoms with Crippen LogP contribution in [0.3, 0.4) is 0 Å². The molecule has 0 saturated carbocycles. The van der Waals surface area contributed by atoms with Gasteiger partial charge in [-0.25, -0.2) is 8.78 Å². The molecule has 1 N–H and O–H groups in total. The van der Waals surface area contributed by atoms with Crippen LogP contribution in [0.15, 0.2) is 78.9 Å². The van der Waals surface area contributed by atoms with E-state index in [1.807, 2.05) is 44.2 Å². The van der Waals surface area contributed by atoms with Crippen LogP contribution in [0, 0.1) is 11.6 Å². The Labute approximate surface area is 209 Å². The molecular weight excluding hydrogens is 466 g/mol. The molecule has 0 aliphatic rings. The zero-order chi connectivity index (χ0) is 25.2. The van der Waals surface area contributed by atoms with E-state index in [-0.39, 0.29) is 36.0 Å². The molecule has 3 aromatic rings. The average Bonchev–Trinajstić information content (AvgIpc) is 2.83. The summed E-state index contributed by atoms with van der Waals surface area (Å²) in [7, 11) is 0. The summed E-state index contributed by atoms with van der Waals surface area (Å²) in [6.45, 7) is 3.70. The third-order valence-corrected chi connectivity index (χ3v) is 6.40. The number of carbonyl (C=O) groups excluding carboxylic acids is 2. The summed E-state index contributed by atoms with van der Waals surface area (Å²) in [5.41, 5.74) is 2.14. The molecule has 3 aromatic carbocycles. The van der Waals surface area contributed by atoms with E-state index >= 15 is 0 Å². The number of benzene rings is 3. The van der Waals surface area contributed by atoms with Crippen molar-refractivity contribution in [1.29, 1.82) is 0 Å². The van der Waals surface area contributed by atoms with Crippen LogP contribution in [0.2, 0.25) is 0 Å². The van der Waals surface area contributed by atoms with Crippen molar-refractivity contribution in [3.8, 4) is 0 Å². The topological polar surface area (TPSA) is 49.4 Å². The number of carbonyl (C=O) groups is 2. The van der Waals surface area contributed by atoms with Gasteiger partial charge in [-0.3, -0.25) is 9.59 Å². The average molecular weight is 497 g/mol. The largest absolute Gasteiger partial charge is 0.352 e. The maximum Gasteiger partial charge on any atom is 0.243 e. The molecule has 0 heterocycles. The molecule has 184 valence electrons. The highest BCUT2D eigenvalue weighted by molar-refractivity contribution is 7.99. The molecule has 0 aliphatic carbocycles. The summed E-state index contributed by atoms with van der Waals surface area (Å²) in [4.78, 5) is 28.2. The Morgan fingerprint density at radius 1 is 0.886 bits per heavy atom. The van der Waals surface area contributed by atoms with Crippen molar-refractivity contribution in [2.24, 2.45) is 0 Å². The maximum atomic E-state index is 14.5. The lowest BCUT2D eigenvalue weighted by atomic mass is 10.0. The second-order valence-corrected chi connectivity index (χ2v) is 9.59. The zero-order valence-electron chi connectivity index (χ0n) is 19.9. The first kappa shape index (κ1) is 26.4. The number of hydrogen-bond acceptors (Lipinski definition) is 3. The van der Waals surface area contributed by atoms with E-state index in [4.69, 9.17) is 0 Å². The molecule has 0 aromatic heterocycles. The molecule has 0 fully saturated rings. The highest BCUT2D eigenvalue weighted by atomic mass is 32.2. The monoisotopic (exact) mass is 496 g/mol. The standard InChI is InChI=1S/C28H30F2N2O2S/c1-20(2)31-28(34)26(16-21-8-4-3-5-9-21)32(17-23-10-6-7-11-25(23)30)27(33)19-35-18-22-12-14-24(29)15-13-22/h3-15,20,26H,16-19H2,1-2H3,(H,31,34)/t26-/m1/s1. The smallest absolute Gasteiger partial charge is 0.243 e. The summed E-state index contributed by atoms with van der Waals surface area (Å²) in [5, 5.41) is 2.92. The van der Waals surface area contributed by atoms with Crippen molar-refractivity contribution in [2.45, 2.75) is 44.6 Å². The number of nitrogens with zero attached hydrogens (tertiary/aromatic N) is 1. The van der Waals surface area contributed by atoms with Gasteiger partial charge >= 0.3 is 0 Å². The first-order valence-electron chi connectivity index (χ1n) is 11.5. The summed E-state index contributed by atoms with van der Waals surface area (Å²) in [6, 6.07) is 21.0. The van der Waals surface area contributed by atoms with Gasteiger partial charge in [0.15, 0.2) is 0 Å². The quantitative estimate of drug-likeness (QED) is 0.389. The molecule has 35 heavy (non-hydrogen) atoms. The van der Waals surface area contributed by atoms with Gasteiger partial charge < -0.3 is 10.2 Å². The predicted molar refractivity (Wildman–Crippen MR) is 137 cm³/mol. The molecule has 1 atom stereocenters. The third-order valence-electron chi connectivity index (χ3n) is 5.41. The second kappa shape index (κ2) is 13.0. The predicted octanol–water partition coefficient (Wildman–Crippen LogP) is 5.36. The lowest BCUT2D eigenvalue weighted by Crippen LogP contribution is -2.52. The van der Waals surface area contributed by atoms with Crippen LogP contribution in [0.1, 0.15) is 30.5 Å². The molecule has 2 amide bonds. The van der Waals surface area contributed by atoms with Gasteiger partial charge in [-0.2, -0.15) is 0 Å². The van der Waals surface area contributed by atoms with Crippen molar-refractivity contribution in [2.75, 3.05) is 5.75 Å². The van der Waals surface area contributed by atoms with Gasteiger partial charge in [0, 0.05) is 30.3 Å². The van der Waals surface area contributed by atoms with E-state index in [9.17, 15) is 18.4 Å². The van der Waals surface area contributed by atoms with Crippen molar-refractivity contribution >= 4 is 23.6 Å². The van der Waals surface area contributed by atoms with Gasteiger partial charge in [0.2, 0.25) is 11.8 Å². The highest BCUT2D eigenvalue weighted by Gasteiger charge is 2.31. The van der Waals surface area contributed by atoms with Crippen molar-refractivity contribution in [1.82, 2.24) is 10.2 Å². The minimum Gasteiger partial charge on any atom is -0.352 e. The zero-order valence-corrected chi connectivity index (χ0v) is 20.7. The Bertz CT molecular complexity index is 1110. The fourth-order valence-electron chi connectivity index (χ4n) is 3.66. The lowest BCUT2D eigenvalue weighted by Gasteiger charge is -2.32. The van der Waals surface area contributed by atoms with Crippen LogP contribution in [0.25, 0.3) is 0 Å². The van der Waals surface area contributed by atoms with E-state index in [0.717, 1.165) is 11.1 Å². The highest BCUT2D eigenvalue weighted by Crippen LogP contribution is 2.20. The van der Waals surface area contributed by atoms with Crippen LogP contribution in [0.5, 0.6) is 0 Å². The summed E-state index contributed by atoms with van der Waals surface area (Å²) >= 11 is 1.37. The summed E-state index contributed by atoms with van der Waals surface area (Å²) < 4.78 is 27.7. The van der Waals surface area contributed by atoms with Crippen LogP contribution < -0.4 is 5.32 Å². The van der Waals surface area contributed by atoms with Crippen molar-refractivity contribution in [3.05, 3.63) is 107 Å². The Morgan fingerprint density at radius 2 is 1.54 bits per heavy atom. The fourth-order valence-corrected chi connectivity index (χ4v) is 4.54. The fraction of sp³-hybridized carbons (Fsp3) is 0.286. The van der Waals surface area contributed by atoms with Gasteiger partial charge in [-0.05, 0) is 43.2 Å². The molecule has 0 aliphatic heterocycles. The Balaban J connectivity index is 1.85. The van der Waals surface area contributed by atoms with Gasteiger partial charge in [0.05, 0.1) is 5.75 Å². The van der Waals surface area contributed by atoms with Crippen LogP contribution in [-0.4, -0.2) is 34.6 Å². The summed E-state index contributed by atoms with van der Waals surface area (Å²) in [5.74, 6) is -0.664.